The van der Waals surface area contributed by atoms with Gasteiger partial charge in [-0.05, 0) is 72.5 Å². The lowest BCUT2D eigenvalue weighted by molar-refractivity contribution is 0.309. The lowest BCUT2D eigenvalue weighted by Gasteiger charge is -2.04. The van der Waals surface area contributed by atoms with Crippen molar-refractivity contribution in [2.75, 3.05) is 13.2 Å². The van der Waals surface area contributed by atoms with Crippen molar-refractivity contribution >= 4 is 12.4 Å². The minimum atomic E-state index is 0.761. The van der Waals surface area contributed by atoms with E-state index in [0.717, 1.165) is 61.5 Å². The minimum absolute atomic E-state index is 0.761. The zero-order valence-electron chi connectivity index (χ0n) is 15.7. The molecule has 4 nitrogen and oxygen atoms in total. The molecule has 0 atom stereocenters. The van der Waals surface area contributed by atoms with Crippen LogP contribution in [0.5, 0.6) is 11.5 Å². The Morgan fingerprint density at radius 3 is 1.38 bits per heavy atom. The molecule has 0 spiro atoms. The van der Waals surface area contributed by atoms with Crippen LogP contribution in [0, 0.1) is 0 Å². The van der Waals surface area contributed by atoms with Gasteiger partial charge in [0.25, 0.3) is 0 Å². The molecule has 0 heterocycles. The van der Waals surface area contributed by atoms with Gasteiger partial charge >= 0.3 is 0 Å². The summed E-state index contributed by atoms with van der Waals surface area (Å²) in [6.45, 7) is 5.83. The van der Waals surface area contributed by atoms with Crippen LogP contribution < -0.4 is 9.47 Å². The van der Waals surface area contributed by atoms with E-state index in [1.165, 1.54) is 0 Å². The Bertz CT molecular complexity index is 615. The van der Waals surface area contributed by atoms with Crippen molar-refractivity contribution in [3.05, 3.63) is 59.7 Å². The molecule has 138 valence electrons. The molecule has 4 heteroatoms. The van der Waals surface area contributed by atoms with E-state index in [0.29, 0.717) is 0 Å². The van der Waals surface area contributed by atoms with Gasteiger partial charge in [-0.1, -0.05) is 26.7 Å². The average Bonchev–Trinajstić information content (AvgIpc) is 2.68. The first-order chi connectivity index (χ1) is 12.8. The largest absolute Gasteiger partial charge is 0.494 e. The molecule has 0 radical (unpaired) electrons. The van der Waals surface area contributed by atoms with Crippen LogP contribution in [0.15, 0.2) is 58.7 Å². The van der Waals surface area contributed by atoms with Crippen molar-refractivity contribution < 1.29 is 9.47 Å². The summed E-state index contributed by atoms with van der Waals surface area (Å²) in [5.41, 5.74) is 1.98. The molecule has 0 aliphatic heterocycles. The SMILES string of the molecule is CCCCOc1ccc(/C=N/N=C/c2ccc(OCCCC)cc2)cc1. The van der Waals surface area contributed by atoms with Gasteiger partial charge in [0.1, 0.15) is 11.5 Å². The monoisotopic (exact) mass is 352 g/mol. The molecule has 26 heavy (non-hydrogen) atoms. The van der Waals surface area contributed by atoms with Gasteiger partial charge in [-0.15, -0.1) is 0 Å². The van der Waals surface area contributed by atoms with Crippen molar-refractivity contribution in [2.45, 2.75) is 39.5 Å². The fraction of sp³-hybridized carbons (Fsp3) is 0.364. The number of ether oxygens (including phenoxy) is 2. The van der Waals surface area contributed by atoms with Crippen molar-refractivity contribution in [3.8, 4) is 11.5 Å². The highest BCUT2D eigenvalue weighted by molar-refractivity contribution is 5.82. The van der Waals surface area contributed by atoms with Crippen LogP contribution in [0.25, 0.3) is 0 Å². The van der Waals surface area contributed by atoms with Gasteiger partial charge in [0.2, 0.25) is 0 Å². The van der Waals surface area contributed by atoms with Crippen molar-refractivity contribution in [2.24, 2.45) is 10.2 Å². The topological polar surface area (TPSA) is 43.2 Å². The summed E-state index contributed by atoms with van der Waals surface area (Å²) in [6.07, 6.45) is 7.88. The van der Waals surface area contributed by atoms with E-state index in [4.69, 9.17) is 9.47 Å². The fourth-order valence-electron chi connectivity index (χ4n) is 2.17. The van der Waals surface area contributed by atoms with Gasteiger partial charge < -0.3 is 9.47 Å². The first-order valence-electron chi connectivity index (χ1n) is 9.34. The maximum absolute atomic E-state index is 5.64. The maximum Gasteiger partial charge on any atom is 0.119 e. The predicted molar refractivity (Wildman–Crippen MR) is 109 cm³/mol. The third-order valence-corrected chi connectivity index (χ3v) is 3.77. The third kappa shape index (κ3) is 7.51. The molecule has 0 aliphatic carbocycles. The Kier molecular flexibility index (Phi) is 8.98. The Morgan fingerprint density at radius 2 is 1.04 bits per heavy atom. The van der Waals surface area contributed by atoms with Gasteiger partial charge in [-0.2, -0.15) is 10.2 Å². The quantitative estimate of drug-likeness (QED) is 0.304. The van der Waals surface area contributed by atoms with Crippen LogP contribution in [0.1, 0.15) is 50.7 Å². The molecule has 2 aromatic carbocycles. The van der Waals surface area contributed by atoms with Gasteiger partial charge in [-0.3, -0.25) is 0 Å². The number of unbranched alkanes of at least 4 members (excludes halogenated alkanes) is 2. The first-order valence-corrected chi connectivity index (χ1v) is 9.34. The zero-order valence-corrected chi connectivity index (χ0v) is 15.7. The van der Waals surface area contributed by atoms with Gasteiger partial charge in [0.05, 0.1) is 25.6 Å². The van der Waals surface area contributed by atoms with Crippen molar-refractivity contribution in [3.63, 3.8) is 0 Å². The Hall–Kier alpha value is -2.62. The normalized spacial score (nSPS) is 11.3. The molecule has 0 N–H and O–H groups in total. The van der Waals surface area contributed by atoms with E-state index >= 15 is 0 Å². The van der Waals surface area contributed by atoms with Crippen LogP contribution >= 0.6 is 0 Å². The van der Waals surface area contributed by atoms with Gasteiger partial charge in [0, 0.05) is 0 Å². The van der Waals surface area contributed by atoms with Crippen LogP contribution in [-0.2, 0) is 0 Å². The van der Waals surface area contributed by atoms with Crippen LogP contribution in [-0.4, -0.2) is 25.6 Å². The maximum atomic E-state index is 5.64. The van der Waals surface area contributed by atoms with E-state index in [2.05, 4.69) is 24.1 Å². The van der Waals surface area contributed by atoms with Crippen LogP contribution in [0.2, 0.25) is 0 Å². The number of hydrogen-bond acceptors (Lipinski definition) is 4. The van der Waals surface area contributed by atoms with E-state index in [1.54, 1.807) is 12.4 Å². The number of hydrogen-bond donors (Lipinski definition) is 0. The summed E-state index contributed by atoms with van der Waals surface area (Å²) in [6, 6.07) is 15.7. The van der Waals surface area contributed by atoms with Gasteiger partial charge in [0.15, 0.2) is 0 Å². The Balaban J connectivity index is 1.79. The molecule has 0 aromatic heterocycles. The lowest BCUT2D eigenvalue weighted by atomic mass is 10.2. The summed E-state index contributed by atoms with van der Waals surface area (Å²) in [7, 11) is 0. The number of nitrogens with zero attached hydrogens (tertiary/aromatic N) is 2. The van der Waals surface area contributed by atoms with Crippen molar-refractivity contribution in [1.29, 1.82) is 0 Å². The van der Waals surface area contributed by atoms with E-state index in [9.17, 15) is 0 Å². The van der Waals surface area contributed by atoms with Gasteiger partial charge in [-0.25, -0.2) is 0 Å². The van der Waals surface area contributed by atoms with Crippen LogP contribution in [0.3, 0.4) is 0 Å². The molecule has 0 amide bonds. The molecule has 2 rings (SSSR count). The lowest BCUT2D eigenvalue weighted by Crippen LogP contribution is -1.96. The molecule has 0 unspecified atom stereocenters. The second-order valence-electron chi connectivity index (χ2n) is 6.03. The van der Waals surface area contributed by atoms with Crippen molar-refractivity contribution in [1.82, 2.24) is 0 Å². The van der Waals surface area contributed by atoms with E-state index in [1.807, 2.05) is 48.5 Å². The summed E-state index contributed by atoms with van der Waals surface area (Å²) in [5, 5.41) is 8.19. The molecular formula is C22H28N2O2. The second kappa shape index (κ2) is 11.9. The molecule has 0 aliphatic rings. The highest BCUT2D eigenvalue weighted by atomic mass is 16.5. The third-order valence-electron chi connectivity index (χ3n) is 3.77. The Morgan fingerprint density at radius 1 is 0.654 bits per heavy atom. The highest BCUT2D eigenvalue weighted by Crippen LogP contribution is 2.13. The van der Waals surface area contributed by atoms with E-state index < -0.39 is 0 Å². The number of rotatable bonds is 11. The fourth-order valence-corrected chi connectivity index (χ4v) is 2.17. The highest BCUT2D eigenvalue weighted by Gasteiger charge is 1.95. The number of benzene rings is 2. The summed E-state index contributed by atoms with van der Waals surface area (Å²) in [5.74, 6) is 1.78. The molecule has 0 fully saturated rings. The minimum Gasteiger partial charge on any atom is -0.494 e. The van der Waals surface area contributed by atoms with E-state index in [-0.39, 0.29) is 0 Å². The molecule has 0 saturated carbocycles. The van der Waals surface area contributed by atoms with Crippen LogP contribution in [0.4, 0.5) is 0 Å². The first kappa shape index (κ1) is 19.7. The predicted octanol–water partition coefficient (Wildman–Crippen LogP) is 5.50. The summed E-state index contributed by atoms with van der Waals surface area (Å²) in [4.78, 5) is 0. The molecule has 0 saturated heterocycles. The zero-order chi connectivity index (χ0) is 18.5. The standard InChI is InChI=1S/C22H28N2O2/c1-3-5-15-25-21-11-7-19(8-12-21)17-23-24-18-20-9-13-22(14-10-20)26-16-6-4-2/h7-14,17-18H,3-6,15-16H2,1-2H3/b23-17+,24-18+. The molecule has 2 aromatic rings. The average molecular weight is 352 g/mol. The Labute approximate surface area is 156 Å². The summed E-state index contributed by atoms with van der Waals surface area (Å²) >= 11 is 0. The molecular weight excluding hydrogens is 324 g/mol. The second-order valence-corrected chi connectivity index (χ2v) is 6.03. The smallest absolute Gasteiger partial charge is 0.119 e. The molecule has 0 bridgehead atoms. The summed E-state index contributed by atoms with van der Waals surface area (Å²) < 4.78 is 11.3.